The van der Waals surface area contributed by atoms with Crippen molar-refractivity contribution in [2.75, 3.05) is 26.7 Å². The van der Waals surface area contributed by atoms with Gasteiger partial charge in [0.05, 0.1) is 6.54 Å². The number of carbonyl (C=O) groups is 1. The summed E-state index contributed by atoms with van der Waals surface area (Å²) in [6.07, 6.45) is 0. The summed E-state index contributed by atoms with van der Waals surface area (Å²) in [6, 6.07) is 7.87. The zero-order valence-electron chi connectivity index (χ0n) is 11.7. The molecule has 4 nitrogen and oxygen atoms in total. The van der Waals surface area contributed by atoms with Gasteiger partial charge in [0.2, 0.25) is 5.91 Å². The van der Waals surface area contributed by atoms with Crippen LogP contribution in [0.4, 0.5) is 0 Å². The number of hydrogen-bond acceptors (Lipinski definition) is 3. The molecule has 108 valence electrons. The maximum Gasteiger partial charge on any atom is 0.224 e. The van der Waals surface area contributed by atoms with Gasteiger partial charge in [0.1, 0.15) is 12.4 Å². The van der Waals surface area contributed by atoms with Crippen LogP contribution in [-0.2, 0) is 4.79 Å². The Bertz CT molecular complexity index is 385. The molecule has 1 amide bonds. The third kappa shape index (κ3) is 7.03. The van der Waals surface area contributed by atoms with Gasteiger partial charge in [0.15, 0.2) is 0 Å². The molecule has 1 aromatic rings. The second kappa shape index (κ2) is 9.64. The summed E-state index contributed by atoms with van der Waals surface area (Å²) in [7, 11) is 1.84. The summed E-state index contributed by atoms with van der Waals surface area (Å²) in [5, 5.41) is 5.83. The van der Waals surface area contributed by atoms with E-state index in [4.69, 9.17) is 4.74 Å². The molecule has 0 bridgehead atoms. The normalized spacial score (nSPS) is 11.3. The average Bonchev–Trinajstić information content (AvgIpc) is 2.35. The first-order chi connectivity index (χ1) is 8.63. The molecule has 19 heavy (non-hydrogen) atoms. The summed E-state index contributed by atoms with van der Waals surface area (Å²) >= 11 is 0. The molecule has 0 aliphatic rings. The fraction of sp³-hybridized carbons (Fsp3) is 0.500. The number of rotatable bonds is 7. The lowest BCUT2D eigenvalue weighted by Gasteiger charge is -2.12. The molecule has 5 heteroatoms. The lowest BCUT2D eigenvalue weighted by atomic mass is 10.1. The van der Waals surface area contributed by atoms with E-state index in [1.165, 1.54) is 5.56 Å². The first kappa shape index (κ1) is 17.7. The van der Waals surface area contributed by atoms with Gasteiger partial charge in [0, 0.05) is 12.5 Å². The Balaban J connectivity index is 0.00000324. The van der Waals surface area contributed by atoms with Crippen LogP contribution in [0.2, 0.25) is 0 Å². The highest BCUT2D eigenvalue weighted by atomic mass is 35.5. The van der Waals surface area contributed by atoms with Crippen LogP contribution in [0.25, 0.3) is 0 Å². The third-order valence-electron chi connectivity index (χ3n) is 2.62. The van der Waals surface area contributed by atoms with Crippen LogP contribution >= 0.6 is 12.4 Å². The molecule has 0 radical (unpaired) electrons. The van der Waals surface area contributed by atoms with Gasteiger partial charge >= 0.3 is 0 Å². The summed E-state index contributed by atoms with van der Waals surface area (Å²) in [5.74, 6) is 0.874. The molecule has 0 aliphatic carbocycles. The second-order valence-corrected chi connectivity index (χ2v) is 4.41. The monoisotopic (exact) mass is 286 g/mol. The Morgan fingerprint density at radius 1 is 1.42 bits per heavy atom. The van der Waals surface area contributed by atoms with Crippen molar-refractivity contribution < 1.29 is 9.53 Å². The lowest BCUT2D eigenvalue weighted by Crippen LogP contribution is -2.36. The largest absolute Gasteiger partial charge is 0.492 e. The van der Waals surface area contributed by atoms with Crippen LogP contribution in [-0.4, -0.2) is 32.7 Å². The minimum Gasteiger partial charge on any atom is -0.492 e. The molecular formula is C14H23ClN2O2. The molecule has 0 aliphatic heterocycles. The fourth-order valence-corrected chi connectivity index (χ4v) is 1.62. The van der Waals surface area contributed by atoms with Gasteiger partial charge in [-0.05, 0) is 31.7 Å². The minimum atomic E-state index is -0.0195. The first-order valence-electron chi connectivity index (χ1n) is 6.25. The van der Waals surface area contributed by atoms with Crippen molar-refractivity contribution >= 4 is 18.3 Å². The highest BCUT2D eigenvalue weighted by Gasteiger charge is 2.10. The highest BCUT2D eigenvalue weighted by molar-refractivity contribution is 5.85. The van der Waals surface area contributed by atoms with E-state index in [0.717, 1.165) is 5.75 Å². The van der Waals surface area contributed by atoms with Crippen LogP contribution in [0, 0.1) is 12.8 Å². The van der Waals surface area contributed by atoms with Crippen LogP contribution in [0.1, 0.15) is 12.5 Å². The minimum absolute atomic E-state index is 0. The molecule has 0 saturated carbocycles. The van der Waals surface area contributed by atoms with E-state index >= 15 is 0 Å². The van der Waals surface area contributed by atoms with Crippen molar-refractivity contribution in [2.24, 2.45) is 5.92 Å². The zero-order chi connectivity index (χ0) is 13.4. The smallest absolute Gasteiger partial charge is 0.224 e. The van der Waals surface area contributed by atoms with Crippen molar-refractivity contribution in [3.63, 3.8) is 0 Å². The fourth-order valence-electron chi connectivity index (χ4n) is 1.62. The van der Waals surface area contributed by atoms with E-state index in [1.807, 2.05) is 45.2 Å². The SMILES string of the molecule is CNCC(C)C(=O)NCCOc1cccc(C)c1.Cl. The van der Waals surface area contributed by atoms with E-state index in [1.54, 1.807) is 0 Å². The van der Waals surface area contributed by atoms with Crippen molar-refractivity contribution in [1.82, 2.24) is 10.6 Å². The summed E-state index contributed by atoms with van der Waals surface area (Å²) < 4.78 is 5.55. The van der Waals surface area contributed by atoms with Gasteiger partial charge in [-0.15, -0.1) is 12.4 Å². The van der Waals surface area contributed by atoms with Gasteiger partial charge in [-0.1, -0.05) is 19.1 Å². The Morgan fingerprint density at radius 3 is 2.79 bits per heavy atom. The summed E-state index contributed by atoms with van der Waals surface area (Å²) in [5.41, 5.74) is 1.17. The predicted octanol–water partition coefficient (Wildman–Crippen LogP) is 1.77. The number of nitrogens with one attached hydrogen (secondary N) is 2. The highest BCUT2D eigenvalue weighted by Crippen LogP contribution is 2.11. The van der Waals surface area contributed by atoms with E-state index in [9.17, 15) is 4.79 Å². The van der Waals surface area contributed by atoms with E-state index in [-0.39, 0.29) is 24.2 Å². The summed E-state index contributed by atoms with van der Waals surface area (Å²) in [6.45, 7) is 5.62. The van der Waals surface area contributed by atoms with Crippen LogP contribution in [0.3, 0.4) is 0 Å². The lowest BCUT2D eigenvalue weighted by molar-refractivity contribution is -0.124. The Morgan fingerprint density at radius 2 is 2.16 bits per heavy atom. The molecule has 0 spiro atoms. The van der Waals surface area contributed by atoms with Crippen LogP contribution in [0.5, 0.6) is 5.75 Å². The van der Waals surface area contributed by atoms with E-state index in [2.05, 4.69) is 10.6 Å². The number of amides is 1. The molecule has 0 heterocycles. The molecule has 1 aromatic carbocycles. The average molecular weight is 287 g/mol. The number of ether oxygens (including phenoxy) is 1. The van der Waals surface area contributed by atoms with Crippen molar-refractivity contribution in [3.8, 4) is 5.75 Å². The van der Waals surface area contributed by atoms with E-state index < -0.39 is 0 Å². The van der Waals surface area contributed by atoms with Gasteiger partial charge in [-0.3, -0.25) is 4.79 Å². The Labute approximate surface area is 121 Å². The number of hydrogen-bond donors (Lipinski definition) is 2. The molecular weight excluding hydrogens is 264 g/mol. The zero-order valence-corrected chi connectivity index (χ0v) is 12.5. The molecule has 0 aromatic heterocycles. The van der Waals surface area contributed by atoms with Crippen LogP contribution < -0.4 is 15.4 Å². The predicted molar refractivity (Wildman–Crippen MR) is 80.0 cm³/mol. The second-order valence-electron chi connectivity index (χ2n) is 4.41. The number of benzene rings is 1. The maximum absolute atomic E-state index is 11.6. The quantitative estimate of drug-likeness (QED) is 0.751. The summed E-state index contributed by atoms with van der Waals surface area (Å²) in [4.78, 5) is 11.6. The van der Waals surface area contributed by atoms with Crippen LogP contribution in [0.15, 0.2) is 24.3 Å². The van der Waals surface area contributed by atoms with Crippen molar-refractivity contribution in [1.29, 1.82) is 0 Å². The van der Waals surface area contributed by atoms with Gasteiger partial charge in [0.25, 0.3) is 0 Å². The maximum atomic E-state index is 11.6. The molecule has 0 saturated heterocycles. The topological polar surface area (TPSA) is 50.4 Å². The number of aryl methyl sites for hydroxylation is 1. The molecule has 2 N–H and O–H groups in total. The molecule has 1 unspecified atom stereocenters. The Kier molecular flexibility index (Phi) is 9.00. The van der Waals surface area contributed by atoms with E-state index in [0.29, 0.717) is 19.7 Å². The Hall–Kier alpha value is -1.26. The first-order valence-corrected chi connectivity index (χ1v) is 6.25. The van der Waals surface area contributed by atoms with Crippen molar-refractivity contribution in [3.05, 3.63) is 29.8 Å². The van der Waals surface area contributed by atoms with Gasteiger partial charge in [-0.2, -0.15) is 0 Å². The molecule has 1 rings (SSSR count). The molecule has 1 atom stereocenters. The van der Waals surface area contributed by atoms with Gasteiger partial charge in [-0.25, -0.2) is 0 Å². The third-order valence-corrected chi connectivity index (χ3v) is 2.62. The standard InChI is InChI=1S/C14H22N2O2.ClH/c1-11-5-4-6-13(9-11)18-8-7-16-14(17)12(2)10-15-3;/h4-6,9,12,15H,7-8,10H2,1-3H3,(H,16,17);1H. The number of carbonyl (C=O) groups excluding carboxylic acids is 1. The van der Waals surface area contributed by atoms with Gasteiger partial charge < -0.3 is 15.4 Å². The molecule has 0 fully saturated rings. The number of halogens is 1. The van der Waals surface area contributed by atoms with Crippen molar-refractivity contribution in [2.45, 2.75) is 13.8 Å².